The summed E-state index contributed by atoms with van der Waals surface area (Å²) in [6, 6.07) is 2.09. The molecule has 0 saturated carbocycles. The molecule has 0 spiro atoms. The van der Waals surface area contributed by atoms with Crippen molar-refractivity contribution in [3.05, 3.63) is 34.6 Å². The summed E-state index contributed by atoms with van der Waals surface area (Å²) in [5.74, 6) is 0.765. The Morgan fingerprint density at radius 1 is 1.35 bits per heavy atom. The standard InChI is InChI=1S/C14H20N4OS/c1-4-6-16-13(14-12(5-2)17-18-20-14)10-7-11(19-3)9-15-8-10/h7-9,13,16H,4-6H2,1-3H3. The van der Waals surface area contributed by atoms with Crippen molar-refractivity contribution in [1.29, 1.82) is 0 Å². The first-order valence-electron chi connectivity index (χ1n) is 6.83. The Hall–Kier alpha value is -1.53. The smallest absolute Gasteiger partial charge is 0.137 e. The molecule has 0 bridgehead atoms. The maximum atomic E-state index is 5.27. The Morgan fingerprint density at radius 3 is 2.90 bits per heavy atom. The van der Waals surface area contributed by atoms with Gasteiger partial charge in [-0.3, -0.25) is 4.98 Å². The molecule has 0 amide bonds. The topological polar surface area (TPSA) is 59.9 Å². The molecule has 0 aromatic carbocycles. The van der Waals surface area contributed by atoms with Gasteiger partial charge in [-0.05, 0) is 42.5 Å². The second kappa shape index (κ2) is 7.31. The normalized spacial score (nSPS) is 12.3. The van der Waals surface area contributed by atoms with E-state index >= 15 is 0 Å². The summed E-state index contributed by atoms with van der Waals surface area (Å²) in [5, 5.41) is 7.76. The lowest BCUT2D eigenvalue weighted by Gasteiger charge is -2.18. The van der Waals surface area contributed by atoms with Crippen LogP contribution in [0.2, 0.25) is 0 Å². The third-order valence-electron chi connectivity index (χ3n) is 3.08. The lowest BCUT2D eigenvalue weighted by Crippen LogP contribution is -2.23. The zero-order valence-corrected chi connectivity index (χ0v) is 12.9. The van der Waals surface area contributed by atoms with Gasteiger partial charge in [0.25, 0.3) is 0 Å². The van der Waals surface area contributed by atoms with Crippen molar-refractivity contribution in [3.63, 3.8) is 0 Å². The van der Waals surface area contributed by atoms with E-state index in [1.807, 2.05) is 12.3 Å². The van der Waals surface area contributed by atoms with Crippen LogP contribution in [0.5, 0.6) is 5.75 Å². The molecule has 6 heteroatoms. The van der Waals surface area contributed by atoms with Crippen molar-refractivity contribution >= 4 is 11.5 Å². The van der Waals surface area contributed by atoms with Gasteiger partial charge >= 0.3 is 0 Å². The van der Waals surface area contributed by atoms with Crippen LogP contribution < -0.4 is 10.1 Å². The average molecular weight is 292 g/mol. The molecule has 1 N–H and O–H groups in total. The lowest BCUT2D eigenvalue weighted by molar-refractivity contribution is 0.411. The van der Waals surface area contributed by atoms with Gasteiger partial charge in [0.1, 0.15) is 5.75 Å². The first-order valence-corrected chi connectivity index (χ1v) is 7.60. The predicted molar refractivity (Wildman–Crippen MR) is 80.2 cm³/mol. The van der Waals surface area contributed by atoms with Crippen LogP contribution in [0.15, 0.2) is 18.5 Å². The van der Waals surface area contributed by atoms with Gasteiger partial charge < -0.3 is 10.1 Å². The Kier molecular flexibility index (Phi) is 5.43. The molecule has 0 aliphatic rings. The first kappa shape index (κ1) is 14.9. The van der Waals surface area contributed by atoms with Gasteiger partial charge in [0, 0.05) is 6.20 Å². The number of rotatable bonds is 7. The van der Waals surface area contributed by atoms with Crippen LogP contribution in [-0.4, -0.2) is 28.2 Å². The SMILES string of the molecule is CCCNC(c1cncc(OC)c1)c1snnc1CC. The number of methoxy groups -OCH3 is 1. The zero-order chi connectivity index (χ0) is 14.4. The second-order valence-corrected chi connectivity index (χ2v) is 5.27. The van der Waals surface area contributed by atoms with Crippen LogP contribution in [-0.2, 0) is 6.42 Å². The highest BCUT2D eigenvalue weighted by atomic mass is 32.1. The maximum absolute atomic E-state index is 5.27. The molecule has 1 unspecified atom stereocenters. The number of ether oxygens (including phenoxy) is 1. The van der Waals surface area contributed by atoms with Crippen molar-refractivity contribution in [2.75, 3.05) is 13.7 Å². The van der Waals surface area contributed by atoms with E-state index in [1.54, 1.807) is 13.3 Å². The second-order valence-electron chi connectivity index (χ2n) is 4.48. The van der Waals surface area contributed by atoms with Crippen LogP contribution in [0.25, 0.3) is 0 Å². The molecular formula is C14H20N4OS. The van der Waals surface area contributed by atoms with Gasteiger partial charge in [0.15, 0.2) is 0 Å². The van der Waals surface area contributed by atoms with Gasteiger partial charge in [0.2, 0.25) is 0 Å². The number of hydrogen-bond donors (Lipinski definition) is 1. The van der Waals surface area contributed by atoms with Crippen LogP contribution in [0.4, 0.5) is 0 Å². The third-order valence-corrected chi connectivity index (χ3v) is 3.92. The summed E-state index contributed by atoms with van der Waals surface area (Å²) in [6.45, 7) is 5.18. The van der Waals surface area contributed by atoms with Crippen molar-refractivity contribution < 1.29 is 4.74 Å². The summed E-state index contributed by atoms with van der Waals surface area (Å²) >= 11 is 1.45. The molecule has 0 radical (unpaired) electrons. The molecule has 2 heterocycles. The summed E-state index contributed by atoms with van der Waals surface area (Å²) in [5.41, 5.74) is 2.13. The predicted octanol–water partition coefficient (Wildman–Crippen LogP) is 2.59. The fourth-order valence-corrected chi connectivity index (χ4v) is 2.88. The van der Waals surface area contributed by atoms with E-state index in [0.29, 0.717) is 0 Å². The molecule has 20 heavy (non-hydrogen) atoms. The molecule has 0 aliphatic carbocycles. The largest absolute Gasteiger partial charge is 0.495 e. The van der Waals surface area contributed by atoms with Crippen molar-refractivity contribution in [3.8, 4) is 5.75 Å². The van der Waals surface area contributed by atoms with Gasteiger partial charge in [-0.1, -0.05) is 18.3 Å². The maximum Gasteiger partial charge on any atom is 0.137 e. The molecule has 0 fully saturated rings. The van der Waals surface area contributed by atoms with Gasteiger partial charge in [0.05, 0.1) is 29.9 Å². The quantitative estimate of drug-likeness (QED) is 0.850. The summed E-state index contributed by atoms with van der Waals surface area (Å²) in [7, 11) is 1.65. The highest BCUT2D eigenvalue weighted by molar-refractivity contribution is 7.05. The van der Waals surface area contributed by atoms with Crippen LogP contribution in [0, 0.1) is 0 Å². The van der Waals surface area contributed by atoms with Gasteiger partial charge in [-0.15, -0.1) is 5.10 Å². The molecule has 2 aromatic heterocycles. The first-order chi connectivity index (χ1) is 9.80. The van der Waals surface area contributed by atoms with E-state index in [-0.39, 0.29) is 6.04 Å². The number of nitrogens with zero attached hydrogens (tertiary/aromatic N) is 3. The molecule has 2 aromatic rings. The monoisotopic (exact) mass is 292 g/mol. The van der Waals surface area contributed by atoms with Crippen molar-refractivity contribution in [1.82, 2.24) is 19.9 Å². The summed E-state index contributed by atoms with van der Waals surface area (Å²) in [4.78, 5) is 5.41. The Balaban J connectivity index is 2.36. The number of hydrogen-bond acceptors (Lipinski definition) is 6. The molecule has 5 nitrogen and oxygen atoms in total. The fourth-order valence-electron chi connectivity index (χ4n) is 2.04. The van der Waals surface area contributed by atoms with E-state index in [2.05, 4.69) is 33.7 Å². The molecule has 1 atom stereocenters. The van der Waals surface area contributed by atoms with E-state index in [1.165, 1.54) is 11.5 Å². The lowest BCUT2D eigenvalue weighted by atomic mass is 10.0. The number of aromatic nitrogens is 3. The van der Waals surface area contributed by atoms with Crippen LogP contribution in [0.3, 0.4) is 0 Å². The Morgan fingerprint density at radius 2 is 2.20 bits per heavy atom. The number of pyridine rings is 1. The molecule has 2 rings (SSSR count). The zero-order valence-electron chi connectivity index (χ0n) is 12.1. The van der Waals surface area contributed by atoms with E-state index in [9.17, 15) is 0 Å². The van der Waals surface area contributed by atoms with E-state index < -0.39 is 0 Å². The fraction of sp³-hybridized carbons (Fsp3) is 0.500. The highest BCUT2D eigenvalue weighted by Gasteiger charge is 2.20. The average Bonchev–Trinajstić information content (AvgIpc) is 2.96. The Labute approximate surface area is 123 Å². The molecule has 0 aliphatic heterocycles. The minimum absolute atomic E-state index is 0.0764. The summed E-state index contributed by atoms with van der Waals surface area (Å²) in [6.07, 6.45) is 5.54. The number of nitrogens with one attached hydrogen (secondary N) is 1. The van der Waals surface area contributed by atoms with Gasteiger partial charge in [-0.25, -0.2) is 0 Å². The third kappa shape index (κ3) is 3.32. The number of aryl methyl sites for hydroxylation is 1. The summed E-state index contributed by atoms with van der Waals surface area (Å²) < 4.78 is 9.36. The van der Waals surface area contributed by atoms with Crippen molar-refractivity contribution in [2.24, 2.45) is 0 Å². The highest BCUT2D eigenvalue weighted by Crippen LogP contribution is 2.28. The Bertz CT molecular complexity index is 543. The minimum atomic E-state index is 0.0764. The minimum Gasteiger partial charge on any atom is -0.495 e. The molecule has 108 valence electrons. The van der Waals surface area contributed by atoms with Crippen molar-refractivity contribution in [2.45, 2.75) is 32.7 Å². The molecule has 0 saturated heterocycles. The van der Waals surface area contributed by atoms with Crippen LogP contribution in [0.1, 0.15) is 42.4 Å². The van der Waals surface area contributed by atoms with Gasteiger partial charge in [-0.2, -0.15) is 0 Å². The molecular weight excluding hydrogens is 272 g/mol. The van der Waals surface area contributed by atoms with Crippen LogP contribution >= 0.6 is 11.5 Å². The van der Waals surface area contributed by atoms with E-state index in [4.69, 9.17) is 4.74 Å². The van der Waals surface area contributed by atoms with E-state index in [0.717, 1.165) is 41.3 Å².